The Bertz CT molecular complexity index is 933. The van der Waals surface area contributed by atoms with Crippen molar-refractivity contribution in [3.63, 3.8) is 0 Å². The minimum Gasteiger partial charge on any atom is -0.484 e. The van der Waals surface area contributed by atoms with E-state index in [1.165, 1.54) is 29.2 Å². The molecule has 2 aromatic rings. The smallest absolute Gasteiger partial charge is 0.261 e. The van der Waals surface area contributed by atoms with Crippen molar-refractivity contribution >= 4 is 35.0 Å². The van der Waals surface area contributed by atoms with Gasteiger partial charge < -0.3 is 15.0 Å². The first-order valence-corrected chi connectivity index (χ1v) is 11.5. The molecule has 8 heteroatoms. The molecule has 5 nitrogen and oxygen atoms in total. The van der Waals surface area contributed by atoms with Crippen LogP contribution in [0.4, 0.5) is 4.39 Å². The number of benzene rings is 2. The zero-order valence-corrected chi connectivity index (χ0v) is 19.5. The molecular weight excluding hydrogens is 454 g/mol. The lowest BCUT2D eigenvalue weighted by Crippen LogP contribution is -2.52. The molecule has 3 rings (SSSR count). The molecule has 0 aromatic heterocycles. The number of hydrogen-bond donors (Lipinski definition) is 1. The normalized spacial score (nSPS) is 14.8. The Morgan fingerprint density at radius 1 is 1.16 bits per heavy atom. The van der Waals surface area contributed by atoms with Crippen LogP contribution in [0.1, 0.15) is 44.6 Å². The monoisotopic (exact) mass is 480 g/mol. The molecule has 172 valence electrons. The molecule has 1 aliphatic carbocycles. The average molecular weight is 481 g/mol. The first-order chi connectivity index (χ1) is 15.4. The Hall–Kier alpha value is -2.31. The number of carbonyl (C=O) groups is 2. The highest BCUT2D eigenvalue weighted by Crippen LogP contribution is 2.24. The topological polar surface area (TPSA) is 58.6 Å². The highest BCUT2D eigenvalue weighted by atomic mass is 35.5. The quantitative estimate of drug-likeness (QED) is 0.524. The maximum absolute atomic E-state index is 13.2. The molecule has 1 fully saturated rings. The van der Waals surface area contributed by atoms with Crippen LogP contribution in [0.5, 0.6) is 5.75 Å². The number of amides is 2. The van der Waals surface area contributed by atoms with Gasteiger partial charge in [0.1, 0.15) is 17.6 Å². The van der Waals surface area contributed by atoms with Crippen molar-refractivity contribution < 1.29 is 18.7 Å². The molecular formula is C24H27Cl2FN2O3. The molecule has 1 N–H and O–H groups in total. The third kappa shape index (κ3) is 6.59. The maximum Gasteiger partial charge on any atom is 0.261 e. The fraction of sp³-hybridized carbons (Fsp3) is 0.417. The van der Waals surface area contributed by atoms with Gasteiger partial charge in [-0.3, -0.25) is 9.59 Å². The third-order valence-corrected chi connectivity index (χ3v) is 6.21. The van der Waals surface area contributed by atoms with E-state index in [-0.39, 0.29) is 31.0 Å². The molecule has 32 heavy (non-hydrogen) atoms. The fourth-order valence-corrected chi connectivity index (χ4v) is 4.35. The molecule has 0 heterocycles. The predicted molar refractivity (Wildman–Crippen MR) is 123 cm³/mol. The van der Waals surface area contributed by atoms with Gasteiger partial charge in [-0.1, -0.05) is 49.0 Å². The van der Waals surface area contributed by atoms with E-state index < -0.39 is 11.9 Å². The summed E-state index contributed by atoms with van der Waals surface area (Å²) in [5.74, 6) is -0.571. The van der Waals surface area contributed by atoms with E-state index in [0.29, 0.717) is 27.8 Å². The Balaban J connectivity index is 1.78. The first-order valence-electron chi connectivity index (χ1n) is 10.8. The van der Waals surface area contributed by atoms with Crippen LogP contribution in [0.2, 0.25) is 10.0 Å². The molecule has 0 saturated heterocycles. The highest BCUT2D eigenvalue weighted by Gasteiger charge is 2.31. The van der Waals surface area contributed by atoms with Crippen molar-refractivity contribution in [1.29, 1.82) is 0 Å². The lowest BCUT2D eigenvalue weighted by molar-refractivity contribution is -0.143. The number of ether oxygens (including phenoxy) is 1. The van der Waals surface area contributed by atoms with E-state index in [4.69, 9.17) is 27.9 Å². The van der Waals surface area contributed by atoms with E-state index in [9.17, 15) is 14.0 Å². The Kier molecular flexibility index (Phi) is 8.76. The van der Waals surface area contributed by atoms with Crippen LogP contribution in [0.25, 0.3) is 0 Å². The van der Waals surface area contributed by atoms with Crippen molar-refractivity contribution in [1.82, 2.24) is 10.2 Å². The second kappa shape index (κ2) is 11.5. The Morgan fingerprint density at radius 2 is 1.84 bits per heavy atom. The molecule has 0 spiro atoms. The third-order valence-electron chi connectivity index (χ3n) is 5.62. The summed E-state index contributed by atoms with van der Waals surface area (Å²) in [6.07, 6.45) is 4.53. The van der Waals surface area contributed by atoms with Gasteiger partial charge in [-0.2, -0.15) is 0 Å². The zero-order valence-electron chi connectivity index (χ0n) is 18.0. The number of halogens is 3. The van der Waals surface area contributed by atoms with Crippen LogP contribution in [0.15, 0.2) is 42.5 Å². The number of carbonyl (C=O) groups excluding carboxylic acids is 2. The lowest BCUT2D eigenvalue weighted by atomic mass is 10.1. The summed E-state index contributed by atoms with van der Waals surface area (Å²) in [6.45, 7) is 1.71. The van der Waals surface area contributed by atoms with Crippen molar-refractivity contribution in [2.75, 3.05) is 6.61 Å². The van der Waals surface area contributed by atoms with Gasteiger partial charge in [0.25, 0.3) is 5.91 Å². The average Bonchev–Trinajstić information content (AvgIpc) is 3.27. The summed E-state index contributed by atoms with van der Waals surface area (Å²) in [5.41, 5.74) is 0.679. The summed E-state index contributed by atoms with van der Waals surface area (Å²) in [6, 6.07) is 9.93. The Morgan fingerprint density at radius 3 is 2.47 bits per heavy atom. The summed E-state index contributed by atoms with van der Waals surface area (Å²) in [4.78, 5) is 27.8. The molecule has 0 unspecified atom stereocenters. The van der Waals surface area contributed by atoms with Gasteiger partial charge in [-0.25, -0.2) is 4.39 Å². The SMILES string of the molecule is CC[C@H](C(=O)NC1CCCC1)N(Cc1ccc(Cl)cc1Cl)C(=O)COc1ccc(F)cc1. The van der Waals surface area contributed by atoms with Crippen LogP contribution in [-0.4, -0.2) is 35.4 Å². The van der Waals surface area contributed by atoms with Crippen LogP contribution < -0.4 is 10.1 Å². The molecule has 0 radical (unpaired) electrons. The van der Waals surface area contributed by atoms with Gasteiger partial charge in [0.2, 0.25) is 5.91 Å². The van der Waals surface area contributed by atoms with Crippen LogP contribution in [0.3, 0.4) is 0 Å². The lowest BCUT2D eigenvalue weighted by Gasteiger charge is -2.31. The van der Waals surface area contributed by atoms with Crippen LogP contribution >= 0.6 is 23.2 Å². The minimum absolute atomic E-state index is 0.137. The summed E-state index contributed by atoms with van der Waals surface area (Å²) >= 11 is 12.3. The number of rotatable bonds is 9. The predicted octanol–water partition coefficient (Wildman–Crippen LogP) is 5.38. The molecule has 0 bridgehead atoms. The maximum atomic E-state index is 13.2. The standard InChI is InChI=1S/C24H27Cl2FN2O3/c1-2-22(24(31)28-19-5-3-4-6-19)29(14-16-7-8-17(25)13-21(16)26)23(30)15-32-20-11-9-18(27)10-12-20/h7-13,19,22H,2-6,14-15H2,1H3,(H,28,31)/t22-/m1/s1. The molecule has 2 aromatic carbocycles. The molecule has 1 atom stereocenters. The highest BCUT2D eigenvalue weighted by molar-refractivity contribution is 6.35. The summed E-state index contributed by atoms with van der Waals surface area (Å²) in [5, 5.41) is 3.99. The summed E-state index contributed by atoms with van der Waals surface area (Å²) in [7, 11) is 0. The fourth-order valence-electron chi connectivity index (χ4n) is 3.88. The first kappa shape index (κ1) is 24.3. The summed E-state index contributed by atoms with van der Waals surface area (Å²) < 4.78 is 18.7. The van der Waals surface area contributed by atoms with Crippen LogP contribution in [-0.2, 0) is 16.1 Å². The van der Waals surface area contributed by atoms with E-state index >= 15 is 0 Å². The number of nitrogens with one attached hydrogen (secondary N) is 1. The number of hydrogen-bond acceptors (Lipinski definition) is 3. The Labute approximate surface area is 197 Å². The second-order valence-electron chi connectivity index (χ2n) is 7.91. The molecule has 2 amide bonds. The second-order valence-corrected chi connectivity index (χ2v) is 8.76. The van der Waals surface area contributed by atoms with E-state index in [1.807, 2.05) is 6.92 Å². The van der Waals surface area contributed by atoms with Gasteiger partial charge >= 0.3 is 0 Å². The largest absolute Gasteiger partial charge is 0.484 e. The van der Waals surface area contributed by atoms with Crippen LogP contribution in [0, 0.1) is 5.82 Å². The van der Waals surface area contributed by atoms with Gasteiger partial charge in [-0.05, 0) is 61.2 Å². The van der Waals surface area contributed by atoms with E-state index in [2.05, 4.69) is 5.32 Å². The van der Waals surface area contributed by atoms with Gasteiger partial charge in [0.15, 0.2) is 6.61 Å². The van der Waals surface area contributed by atoms with Crippen molar-refractivity contribution in [3.8, 4) is 5.75 Å². The van der Waals surface area contributed by atoms with Crippen molar-refractivity contribution in [3.05, 3.63) is 63.9 Å². The van der Waals surface area contributed by atoms with Gasteiger partial charge in [0.05, 0.1) is 0 Å². The van der Waals surface area contributed by atoms with E-state index in [1.54, 1.807) is 18.2 Å². The number of nitrogens with zero attached hydrogens (tertiary/aromatic N) is 1. The minimum atomic E-state index is -0.674. The van der Waals surface area contributed by atoms with Gasteiger partial charge in [-0.15, -0.1) is 0 Å². The van der Waals surface area contributed by atoms with Crippen molar-refractivity contribution in [2.45, 2.75) is 57.7 Å². The van der Waals surface area contributed by atoms with Gasteiger partial charge in [0, 0.05) is 22.6 Å². The van der Waals surface area contributed by atoms with Crippen molar-refractivity contribution in [2.24, 2.45) is 0 Å². The molecule has 1 aliphatic rings. The zero-order chi connectivity index (χ0) is 23.1. The molecule has 0 aliphatic heterocycles. The molecule has 1 saturated carbocycles. The van der Waals surface area contributed by atoms with E-state index in [0.717, 1.165) is 25.7 Å².